The Labute approximate surface area is 369 Å². The van der Waals surface area contributed by atoms with Gasteiger partial charge in [0.15, 0.2) is 0 Å². The van der Waals surface area contributed by atoms with Gasteiger partial charge in [0, 0.05) is 17.1 Å². The summed E-state index contributed by atoms with van der Waals surface area (Å²) in [5.41, 5.74) is 17.8. The van der Waals surface area contributed by atoms with Crippen molar-refractivity contribution in [2.75, 3.05) is 4.90 Å². The first-order chi connectivity index (χ1) is 31.2. The third-order valence-electron chi connectivity index (χ3n) is 12.3. The van der Waals surface area contributed by atoms with Gasteiger partial charge in [-0.2, -0.15) is 0 Å². The molecule has 0 spiro atoms. The van der Waals surface area contributed by atoms with Crippen molar-refractivity contribution in [2.45, 2.75) is 0 Å². The lowest BCUT2D eigenvalue weighted by Crippen LogP contribution is -2.09. The molecule has 0 aliphatic heterocycles. The van der Waals surface area contributed by atoms with E-state index < -0.39 is 0 Å². The minimum absolute atomic E-state index is 1.09. The van der Waals surface area contributed by atoms with Gasteiger partial charge in [0.25, 0.3) is 0 Å². The predicted molar refractivity (Wildman–Crippen MR) is 269 cm³/mol. The lowest BCUT2D eigenvalue weighted by Gasteiger charge is -2.26. The average Bonchev–Trinajstić information content (AvgIpc) is 3.37. The van der Waals surface area contributed by atoms with Crippen molar-refractivity contribution in [1.29, 1.82) is 0 Å². The molecule has 11 rings (SSSR count). The van der Waals surface area contributed by atoms with E-state index in [2.05, 4.69) is 266 Å². The molecule has 0 heterocycles. The van der Waals surface area contributed by atoms with Crippen LogP contribution >= 0.6 is 0 Å². The SMILES string of the molecule is c1ccc(-c2cccc(-c3ccc(N(c4ccc(-c5ccc(-c6cccc7ccccc67)cc5)cc4)c4ccc(-c5ccc(-c6cccc7ccccc67)cc5)cc4)cc3)c2)cc1. The largest absolute Gasteiger partial charge is 0.311 e. The molecule has 0 aliphatic rings. The van der Waals surface area contributed by atoms with Gasteiger partial charge in [-0.15, -0.1) is 0 Å². The van der Waals surface area contributed by atoms with Crippen molar-refractivity contribution in [3.8, 4) is 66.8 Å². The van der Waals surface area contributed by atoms with Crippen molar-refractivity contribution in [3.05, 3.63) is 261 Å². The quantitative estimate of drug-likeness (QED) is 0.141. The second-order valence-corrected chi connectivity index (χ2v) is 16.1. The van der Waals surface area contributed by atoms with Crippen molar-refractivity contribution >= 4 is 38.6 Å². The van der Waals surface area contributed by atoms with Crippen LogP contribution in [-0.4, -0.2) is 0 Å². The molecule has 11 aromatic rings. The molecule has 1 heteroatoms. The third-order valence-corrected chi connectivity index (χ3v) is 12.3. The van der Waals surface area contributed by atoms with E-state index >= 15 is 0 Å². The van der Waals surface area contributed by atoms with E-state index in [1.54, 1.807) is 0 Å². The summed E-state index contributed by atoms with van der Waals surface area (Å²) in [5.74, 6) is 0. The summed E-state index contributed by atoms with van der Waals surface area (Å²) in [6, 6.07) is 94.5. The van der Waals surface area contributed by atoms with Crippen LogP contribution in [0.2, 0.25) is 0 Å². The molecular formula is C62H43N. The zero-order valence-electron chi connectivity index (χ0n) is 34.8. The Kier molecular flexibility index (Phi) is 9.97. The van der Waals surface area contributed by atoms with Crippen LogP contribution in [0.5, 0.6) is 0 Å². The minimum Gasteiger partial charge on any atom is -0.311 e. The number of rotatable bonds is 9. The van der Waals surface area contributed by atoms with Gasteiger partial charge < -0.3 is 4.90 Å². The molecule has 0 fully saturated rings. The maximum absolute atomic E-state index is 2.35. The van der Waals surface area contributed by atoms with E-state index in [-0.39, 0.29) is 0 Å². The Morgan fingerprint density at radius 1 is 0.190 bits per heavy atom. The zero-order chi connectivity index (χ0) is 42.0. The summed E-state index contributed by atoms with van der Waals surface area (Å²) in [7, 11) is 0. The van der Waals surface area contributed by atoms with Crippen LogP contribution in [0, 0.1) is 0 Å². The third kappa shape index (κ3) is 7.58. The van der Waals surface area contributed by atoms with Crippen LogP contribution in [0.3, 0.4) is 0 Å². The fraction of sp³-hybridized carbons (Fsp3) is 0. The molecule has 0 aromatic heterocycles. The molecular weight excluding hydrogens is 759 g/mol. The molecule has 0 N–H and O–H groups in total. The summed E-state index contributed by atoms with van der Waals surface area (Å²) in [6.45, 7) is 0. The number of nitrogens with zero attached hydrogens (tertiary/aromatic N) is 1. The molecule has 0 radical (unpaired) electrons. The monoisotopic (exact) mass is 801 g/mol. The number of benzene rings is 11. The second-order valence-electron chi connectivity index (χ2n) is 16.1. The summed E-state index contributed by atoms with van der Waals surface area (Å²) >= 11 is 0. The van der Waals surface area contributed by atoms with Crippen molar-refractivity contribution in [1.82, 2.24) is 0 Å². The summed E-state index contributed by atoms with van der Waals surface area (Å²) in [5, 5.41) is 5.06. The fourth-order valence-electron chi connectivity index (χ4n) is 9.00. The number of anilines is 3. The molecule has 0 aliphatic carbocycles. The van der Waals surface area contributed by atoms with Crippen LogP contribution in [0.4, 0.5) is 17.1 Å². The van der Waals surface area contributed by atoms with Crippen molar-refractivity contribution < 1.29 is 0 Å². The van der Waals surface area contributed by atoms with E-state index in [4.69, 9.17) is 0 Å². The Morgan fingerprint density at radius 2 is 0.476 bits per heavy atom. The highest BCUT2D eigenvalue weighted by Gasteiger charge is 2.15. The van der Waals surface area contributed by atoms with Crippen LogP contribution in [-0.2, 0) is 0 Å². The number of hydrogen-bond acceptors (Lipinski definition) is 1. The molecule has 0 saturated carbocycles. The lowest BCUT2D eigenvalue weighted by molar-refractivity contribution is 1.28. The topological polar surface area (TPSA) is 3.24 Å². The van der Waals surface area contributed by atoms with Crippen LogP contribution in [0.25, 0.3) is 88.3 Å². The Balaban J connectivity index is 0.908. The smallest absolute Gasteiger partial charge is 0.0462 e. The molecule has 0 atom stereocenters. The normalized spacial score (nSPS) is 11.2. The van der Waals surface area contributed by atoms with Gasteiger partial charge in [0.1, 0.15) is 0 Å². The van der Waals surface area contributed by atoms with E-state index in [0.717, 1.165) is 17.1 Å². The van der Waals surface area contributed by atoms with E-state index in [0.29, 0.717) is 0 Å². The minimum atomic E-state index is 1.09. The van der Waals surface area contributed by atoms with Gasteiger partial charge in [-0.3, -0.25) is 0 Å². The van der Waals surface area contributed by atoms with Crippen molar-refractivity contribution in [3.63, 3.8) is 0 Å². The molecule has 0 amide bonds. The van der Waals surface area contributed by atoms with Crippen LogP contribution < -0.4 is 4.90 Å². The Bertz CT molecular complexity index is 3150. The number of fused-ring (bicyclic) bond motifs is 2. The highest BCUT2D eigenvalue weighted by Crippen LogP contribution is 2.39. The maximum atomic E-state index is 2.35. The van der Waals surface area contributed by atoms with Gasteiger partial charge >= 0.3 is 0 Å². The Morgan fingerprint density at radius 3 is 0.905 bits per heavy atom. The van der Waals surface area contributed by atoms with Crippen LogP contribution in [0.15, 0.2) is 261 Å². The van der Waals surface area contributed by atoms with Gasteiger partial charge in [-0.05, 0) is 131 Å². The molecule has 0 saturated heterocycles. The van der Waals surface area contributed by atoms with Crippen molar-refractivity contribution in [2.24, 2.45) is 0 Å². The second kappa shape index (κ2) is 16.7. The van der Waals surface area contributed by atoms with E-state index in [1.165, 1.54) is 88.3 Å². The van der Waals surface area contributed by atoms with Crippen LogP contribution in [0.1, 0.15) is 0 Å². The first kappa shape index (κ1) is 37.7. The maximum Gasteiger partial charge on any atom is 0.0462 e. The Hall–Kier alpha value is -8.26. The lowest BCUT2D eigenvalue weighted by atomic mass is 9.96. The highest BCUT2D eigenvalue weighted by molar-refractivity contribution is 5.98. The zero-order valence-corrected chi connectivity index (χ0v) is 34.8. The standard InChI is InChI=1S/C62H43N/c1-2-11-44(12-3-1)54-17-8-18-55(43-54)49-35-41-58(42-36-49)63(56-37-31-47(32-38-56)45-23-27-52(28-24-45)61-21-9-15-50-13-4-6-19-59(50)61)57-39-33-48(34-40-57)46-25-29-53(30-26-46)62-22-10-16-51-14-5-7-20-60(51)62/h1-43H. The van der Waals surface area contributed by atoms with Gasteiger partial charge in [0.2, 0.25) is 0 Å². The van der Waals surface area contributed by atoms with E-state index in [1.807, 2.05) is 0 Å². The van der Waals surface area contributed by atoms with Gasteiger partial charge in [-0.25, -0.2) is 0 Å². The van der Waals surface area contributed by atoms with Gasteiger partial charge in [0.05, 0.1) is 0 Å². The highest BCUT2D eigenvalue weighted by atomic mass is 15.1. The molecule has 0 bridgehead atoms. The summed E-state index contributed by atoms with van der Waals surface area (Å²) in [6.07, 6.45) is 0. The average molecular weight is 802 g/mol. The summed E-state index contributed by atoms with van der Waals surface area (Å²) < 4.78 is 0. The first-order valence-electron chi connectivity index (χ1n) is 21.7. The molecule has 0 unspecified atom stereocenters. The molecule has 63 heavy (non-hydrogen) atoms. The first-order valence-corrected chi connectivity index (χ1v) is 21.7. The van der Waals surface area contributed by atoms with Gasteiger partial charge in [-0.1, -0.05) is 218 Å². The summed E-state index contributed by atoms with van der Waals surface area (Å²) in [4.78, 5) is 2.35. The van der Waals surface area contributed by atoms with E-state index in [9.17, 15) is 0 Å². The fourth-order valence-corrected chi connectivity index (χ4v) is 9.00. The molecule has 296 valence electrons. The predicted octanol–water partition coefficient (Wildman–Crippen LogP) is 17.5. The molecule has 11 aromatic carbocycles. The molecule has 1 nitrogen and oxygen atoms in total. The number of hydrogen-bond donors (Lipinski definition) is 0.